The Labute approximate surface area is 114 Å². The molecule has 1 aliphatic carbocycles. The molecule has 3 rings (SSSR count). The van der Waals surface area contributed by atoms with Crippen molar-refractivity contribution in [3.8, 4) is 11.5 Å². The second-order valence-electron chi connectivity index (χ2n) is 5.67. The Morgan fingerprint density at radius 1 is 1.00 bits per heavy atom. The fourth-order valence-corrected chi connectivity index (χ4v) is 2.97. The van der Waals surface area contributed by atoms with Gasteiger partial charge in [0.2, 0.25) is 5.89 Å². The highest BCUT2D eigenvalue weighted by atomic mass is 16.4. The van der Waals surface area contributed by atoms with E-state index in [9.17, 15) is 0 Å². The van der Waals surface area contributed by atoms with E-state index in [0.717, 1.165) is 22.9 Å². The molecule has 1 aromatic carbocycles. The van der Waals surface area contributed by atoms with Crippen molar-refractivity contribution in [2.24, 2.45) is 0 Å². The minimum Gasteiger partial charge on any atom is -0.441 e. The van der Waals surface area contributed by atoms with Gasteiger partial charge in [-0.2, -0.15) is 0 Å². The molecule has 0 spiro atoms. The van der Waals surface area contributed by atoms with Crippen molar-refractivity contribution < 1.29 is 4.42 Å². The third-order valence-electron chi connectivity index (χ3n) is 4.11. The number of aromatic nitrogens is 1. The van der Waals surface area contributed by atoms with Crippen LogP contribution in [0.2, 0.25) is 0 Å². The summed E-state index contributed by atoms with van der Waals surface area (Å²) >= 11 is 0. The van der Waals surface area contributed by atoms with Crippen LogP contribution in [-0.4, -0.2) is 4.98 Å². The van der Waals surface area contributed by atoms with Crippen molar-refractivity contribution in [1.82, 2.24) is 4.98 Å². The molecule has 2 heteroatoms. The highest BCUT2D eigenvalue weighted by Gasteiger charge is 2.22. The highest BCUT2D eigenvalue weighted by molar-refractivity contribution is 5.54. The van der Waals surface area contributed by atoms with Gasteiger partial charge in [0.15, 0.2) is 0 Å². The summed E-state index contributed by atoms with van der Waals surface area (Å²) < 4.78 is 6.07. The van der Waals surface area contributed by atoms with Crippen LogP contribution in [0.5, 0.6) is 0 Å². The van der Waals surface area contributed by atoms with Crippen LogP contribution in [-0.2, 0) is 0 Å². The van der Waals surface area contributed by atoms with E-state index in [1.54, 1.807) is 0 Å². The minimum absolute atomic E-state index is 0.584. The zero-order chi connectivity index (χ0) is 13.2. The molecule has 1 heterocycles. The predicted octanol–water partition coefficient (Wildman–Crippen LogP) is 5.01. The van der Waals surface area contributed by atoms with Crippen molar-refractivity contribution in [3.63, 3.8) is 0 Å². The van der Waals surface area contributed by atoms with Crippen molar-refractivity contribution in [1.29, 1.82) is 0 Å². The Kier molecular flexibility index (Phi) is 3.41. The molecule has 1 saturated carbocycles. The molecule has 2 aromatic rings. The molecular weight excluding hydrogens is 234 g/mol. The fraction of sp³-hybridized carbons (Fsp3) is 0.471. The van der Waals surface area contributed by atoms with Crippen LogP contribution < -0.4 is 0 Å². The zero-order valence-electron chi connectivity index (χ0n) is 11.8. The van der Waals surface area contributed by atoms with E-state index in [4.69, 9.17) is 4.42 Å². The Balaban J connectivity index is 1.90. The lowest BCUT2D eigenvalue weighted by Crippen LogP contribution is -2.04. The average molecular weight is 255 g/mol. The van der Waals surface area contributed by atoms with Crippen LogP contribution in [0.4, 0.5) is 0 Å². The summed E-state index contributed by atoms with van der Waals surface area (Å²) in [5.74, 6) is 2.48. The van der Waals surface area contributed by atoms with E-state index >= 15 is 0 Å². The molecule has 1 aliphatic rings. The molecule has 0 unspecified atom stereocenters. The molecule has 1 aromatic heterocycles. The first-order chi connectivity index (χ1) is 9.24. The van der Waals surface area contributed by atoms with E-state index in [1.807, 2.05) is 0 Å². The second kappa shape index (κ2) is 5.20. The van der Waals surface area contributed by atoms with Crippen LogP contribution in [0.25, 0.3) is 11.5 Å². The largest absolute Gasteiger partial charge is 0.441 e. The van der Waals surface area contributed by atoms with Gasteiger partial charge in [-0.15, -0.1) is 0 Å². The number of nitrogens with zero attached hydrogens (tertiary/aromatic N) is 1. The molecule has 19 heavy (non-hydrogen) atoms. The number of oxazole rings is 1. The third kappa shape index (κ3) is 2.58. The van der Waals surface area contributed by atoms with E-state index in [2.05, 4.69) is 43.1 Å². The van der Waals surface area contributed by atoms with Gasteiger partial charge in [0.05, 0.1) is 5.69 Å². The van der Waals surface area contributed by atoms with Gasteiger partial charge in [-0.3, -0.25) is 0 Å². The molecule has 0 amide bonds. The minimum atomic E-state index is 0.584. The van der Waals surface area contributed by atoms with Gasteiger partial charge in [0, 0.05) is 11.5 Å². The van der Waals surface area contributed by atoms with Crippen LogP contribution >= 0.6 is 0 Å². The number of hydrogen-bond donors (Lipinski definition) is 0. The molecule has 0 bridgehead atoms. The standard InChI is InChI=1S/C17H21NO/c1-12-8-10-15(11-9-12)17-18-13(2)16(19-17)14-6-4-3-5-7-14/h8-11,14H,3-7H2,1-2H3. The van der Waals surface area contributed by atoms with Crippen molar-refractivity contribution in [3.05, 3.63) is 41.3 Å². The molecule has 0 saturated heterocycles. The van der Waals surface area contributed by atoms with Crippen LogP contribution in [0.3, 0.4) is 0 Å². The van der Waals surface area contributed by atoms with Gasteiger partial charge in [0.1, 0.15) is 5.76 Å². The van der Waals surface area contributed by atoms with Crippen LogP contribution in [0, 0.1) is 13.8 Å². The molecule has 1 fully saturated rings. The molecule has 2 nitrogen and oxygen atoms in total. The number of aryl methyl sites for hydroxylation is 2. The first kappa shape index (κ1) is 12.5. The molecule has 0 radical (unpaired) electrons. The number of hydrogen-bond acceptors (Lipinski definition) is 2. The first-order valence-electron chi connectivity index (χ1n) is 7.28. The number of benzene rings is 1. The lowest BCUT2D eigenvalue weighted by molar-refractivity contribution is 0.376. The van der Waals surface area contributed by atoms with E-state index in [1.165, 1.54) is 37.7 Å². The van der Waals surface area contributed by atoms with E-state index < -0.39 is 0 Å². The summed E-state index contributed by atoms with van der Waals surface area (Å²) in [7, 11) is 0. The van der Waals surface area contributed by atoms with E-state index in [0.29, 0.717) is 5.92 Å². The van der Waals surface area contributed by atoms with Crippen molar-refractivity contribution in [2.75, 3.05) is 0 Å². The Bertz CT molecular complexity index is 547. The van der Waals surface area contributed by atoms with Gasteiger partial charge in [0.25, 0.3) is 0 Å². The molecular formula is C17H21NO. The monoisotopic (exact) mass is 255 g/mol. The van der Waals surface area contributed by atoms with Gasteiger partial charge >= 0.3 is 0 Å². The lowest BCUT2D eigenvalue weighted by atomic mass is 9.87. The highest BCUT2D eigenvalue weighted by Crippen LogP contribution is 2.36. The summed E-state index contributed by atoms with van der Waals surface area (Å²) in [6.07, 6.45) is 6.52. The molecule has 0 aliphatic heterocycles. The Hall–Kier alpha value is -1.57. The molecule has 100 valence electrons. The van der Waals surface area contributed by atoms with Gasteiger partial charge < -0.3 is 4.42 Å². The summed E-state index contributed by atoms with van der Waals surface area (Å²) in [6.45, 7) is 4.17. The molecule has 0 N–H and O–H groups in total. The lowest BCUT2D eigenvalue weighted by Gasteiger charge is -2.19. The van der Waals surface area contributed by atoms with Gasteiger partial charge in [-0.05, 0) is 38.8 Å². The first-order valence-corrected chi connectivity index (χ1v) is 7.28. The maximum absolute atomic E-state index is 6.07. The summed E-state index contributed by atoms with van der Waals surface area (Å²) in [5, 5.41) is 0. The normalized spacial score (nSPS) is 16.7. The third-order valence-corrected chi connectivity index (χ3v) is 4.11. The van der Waals surface area contributed by atoms with Gasteiger partial charge in [-0.1, -0.05) is 37.0 Å². The van der Waals surface area contributed by atoms with Gasteiger partial charge in [-0.25, -0.2) is 4.98 Å². The molecule has 0 atom stereocenters. The quantitative estimate of drug-likeness (QED) is 0.754. The van der Waals surface area contributed by atoms with Crippen molar-refractivity contribution in [2.45, 2.75) is 51.9 Å². The van der Waals surface area contributed by atoms with Crippen LogP contribution in [0.1, 0.15) is 55.0 Å². The second-order valence-corrected chi connectivity index (χ2v) is 5.67. The van der Waals surface area contributed by atoms with Crippen LogP contribution in [0.15, 0.2) is 28.7 Å². The summed E-state index contributed by atoms with van der Waals surface area (Å²) in [5.41, 5.74) is 3.41. The Morgan fingerprint density at radius 2 is 1.68 bits per heavy atom. The number of rotatable bonds is 2. The average Bonchev–Trinajstić information content (AvgIpc) is 2.83. The smallest absolute Gasteiger partial charge is 0.226 e. The predicted molar refractivity (Wildman–Crippen MR) is 77.2 cm³/mol. The summed E-state index contributed by atoms with van der Waals surface area (Å²) in [4.78, 5) is 4.62. The van der Waals surface area contributed by atoms with Crippen molar-refractivity contribution >= 4 is 0 Å². The SMILES string of the molecule is Cc1ccc(-c2nc(C)c(C3CCCCC3)o2)cc1. The zero-order valence-corrected chi connectivity index (χ0v) is 11.8. The Morgan fingerprint density at radius 3 is 2.37 bits per heavy atom. The maximum atomic E-state index is 6.07. The fourth-order valence-electron chi connectivity index (χ4n) is 2.97. The topological polar surface area (TPSA) is 26.0 Å². The summed E-state index contributed by atoms with van der Waals surface area (Å²) in [6, 6.07) is 8.39. The van der Waals surface area contributed by atoms with E-state index in [-0.39, 0.29) is 0 Å². The maximum Gasteiger partial charge on any atom is 0.226 e.